The second-order valence-corrected chi connectivity index (χ2v) is 14.4. The molecule has 0 saturated carbocycles. The number of aliphatic hydroxyl groups excluding tert-OH is 1. The van der Waals surface area contributed by atoms with Crippen molar-refractivity contribution in [3.05, 3.63) is 23.0 Å². The number of nitrogens with one attached hydrogen (secondary N) is 1. The van der Waals surface area contributed by atoms with E-state index in [2.05, 4.69) is 53.4 Å². The van der Waals surface area contributed by atoms with Crippen LogP contribution >= 0.6 is 26.2 Å². The average Bonchev–Trinajstić information content (AvgIpc) is 3.77. The molecule has 0 bridgehead atoms. The van der Waals surface area contributed by atoms with Crippen LogP contribution in [0.5, 0.6) is 0 Å². The van der Waals surface area contributed by atoms with Crippen LogP contribution in [0.1, 0.15) is 18.9 Å². The van der Waals surface area contributed by atoms with Crippen molar-refractivity contribution in [1.29, 1.82) is 0 Å². The number of ether oxygens (including phenoxy) is 2. The first-order chi connectivity index (χ1) is 21.9. The maximum Gasteiger partial charge on any atom is 0.582 e. The van der Waals surface area contributed by atoms with Crippen molar-refractivity contribution in [1.82, 2.24) is 44.5 Å². The normalized spacial score (nSPS) is 29.7. The number of hydrogen-bond donors (Lipinski definition) is 6. The predicted octanol–water partition coefficient (Wildman–Crippen LogP) is -0.371. The Labute approximate surface area is 267 Å². The quantitative estimate of drug-likeness (QED) is 0.0693. The van der Waals surface area contributed by atoms with Crippen molar-refractivity contribution >= 4 is 72.1 Å². The van der Waals surface area contributed by atoms with E-state index >= 15 is 4.39 Å². The fourth-order valence-electron chi connectivity index (χ4n) is 5.07. The van der Waals surface area contributed by atoms with Gasteiger partial charge in [-0.15, -0.1) is 16.0 Å². The fourth-order valence-corrected chi connectivity index (χ4v) is 7.28. The SMILES string of the molecule is C#C[C@]1(COP(O)(=S)O[C@@H]2[C@@H](F)[C@@H](CO)O[C@H]2n2nnc3c(=O)[nH]c(N)nc32)O[C@@H](n2cnc3c(N)ncnc32)C[C@@H]1O[P+](=O)S. The van der Waals surface area contributed by atoms with E-state index in [0.29, 0.717) is 5.65 Å². The van der Waals surface area contributed by atoms with Gasteiger partial charge in [-0.3, -0.25) is 18.9 Å². The van der Waals surface area contributed by atoms with E-state index in [1.54, 1.807) is 0 Å². The Morgan fingerprint density at radius 1 is 1.35 bits per heavy atom. The van der Waals surface area contributed by atoms with Gasteiger partial charge in [0.05, 0.1) is 19.5 Å². The summed E-state index contributed by atoms with van der Waals surface area (Å²) in [5.74, 6) is 2.23. The zero-order valence-corrected chi connectivity index (χ0v) is 26.4. The summed E-state index contributed by atoms with van der Waals surface area (Å²) in [6.07, 6.45) is -0.466. The number of thiol groups is 1. The van der Waals surface area contributed by atoms with E-state index in [0.717, 1.165) is 4.68 Å². The molecular weight excluding hydrogens is 695 g/mol. The zero-order chi connectivity index (χ0) is 33.0. The van der Waals surface area contributed by atoms with Gasteiger partial charge in [0, 0.05) is 6.42 Å². The molecule has 25 heteroatoms. The average molecular weight is 719 g/mol. The van der Waals surface area contributed by atoms with Crippen LogP contribution < -0.4 is 17.0 Å². The highest BCUT2D eigenvalue weighted by Crippen LogP contribution is 2.53. The lowest BCUT2D eigenvalue weighted by atomic mass is 9.99. The largest absolute Gasteiger partial charge is 0.582 e. The maximum absolute atomic E-state index is 15.5. The first-order valence-electron chi connectivity index (χ1n) is 12.9. The first-order valence-corrected chi connectivity index (χ1v) is 17.9. The zero-order valence-electron chi connectivity index (χ0n) is 22.9. The number of terminal acetylenes is 1. The van der Waals surface area contributed by atoms with E-state index < -0.39 is 75.3 Å². The van der Waals surface area contributed by atoms with Gasteiger partial charge in [0.15, 0.2) is 46.7 Å². The Bertz CT molecular complexity index is 1980. The van der Waals surface area contributed by atoms with Crippen LogP contribution in [0.25, 0.3) is 22.3 Å². The van der Waals surface area contributed by atoms with Crippen molar-refractivity contribution in [3.63, 3.8) is 0 Å². The number of hydrogen-bond acceptors (Lipinski definition) is 17. The number of aromatic amines is 1. The number of imidazole rings is 1. The maximum atomic E-state index is 15.5. The van der Waals surface area contributed by atoms with E-state index in [1.165, 1.54) is 17.2 Å². The van der Waals surface area contributed by atoms with Crippen molar-refractivity contribution in [3.8, 4) is 12.3 Å². The molecule has 244 valence electrons. The molecule has 2 aliphatic heterocycles. The predicted molar refractivity (Wildman–Crippen MR) is 161 cm³/mol. The molecule has 4 aromatic heterocycles. The van der Waals surface area contributed by atoms with Gasteiger partial charge >= 0.3 is 13.9 Å². The Morgan fingerprint density at radius 3 is 2.85 bits per heavy atom. The van der Waals surface area contributed by atoms with Gasteiger partial charge in [-0.05, 0) is 16.4 Å². The van der Waals surface area contributed by atoms with Gasteiger partial charge < -0.3 is 35.5 Å². The summed E-state index contributed by atoms with van der Waals surface area (Å²) in [4.78, 5) is 41.8. The van der Waals surface area contributed by atoms with Crippen LogP contribution in [-0.2, 0) is 39.4 Å². The number of aromatic nitrogens is 9. The number of halogens is 1. The number of aliphatic hydroxyl groups is 1. The molecule has 2 unspecified atom stereocenters. The third-order valence-electron chi connectivity index (χ3n) is 7.18. The number of nitrogen functional groups attached to an aromatic ring is 2. The van der Waals surface area contributed by atoms with Gasteiger partial charge in [0.25, 0.3) is 5.56 Å². The molecular formula is C21H23FN11O9P2S2+. The molecule has 6 heterocycles. The summed E-state index contributed by atoms with van der Waals surface area (Å²) >= 11 is 9.02. The molecule has 0 radical (unpaired) electrons. The van der Waals surface area contributed by atoms with Crippen LogP contribution in [0.3, 0.4) is 0 Å². The molecule has 2 saturated heterocycles. The van der Waals surface area contributed by atoms with Gasteiger partial charge in [-0.2, -0.15) is 9.67 Å². The van der Waals surface area contributed by atoms with Crippen molar-refractivity contribution in [2.75, 3.05) is 24.7 Å². The number of nitrogens with zero attached hydrogens (tertiary/aromatic N) is 8. The number of rotatable bonds is 10. The Kier molecular flexibility index (Phi) is 8.81. The molecule has 2 aliphatic rings. The van der Waals surface area contributed by atoms with Crippen molar-refractivity contribution < 1.29 is 42.0 Å². The van der Waals surface area contributed by atoms with Crippen LogP contribution in [0.2, 0.25) is 0 Å². The lowest BCUT2D eigenvalue weighted by molar-refractivity contribution is -0.0843. The van der Waals surface area contributed by atoms with Gasteiger partial charge in [-0.25, -0.2) is 19.3 Å². The number of anilines is 2. The molecule has 20 nitrogen and oxygen atoms in total. The second-order valence-electron chi connectivity index (χ2n) is 9.92. The van der Waals surface area contributed by atoms with E-state index in [4.69, 9.17) is 52.7 Å². The van der Waals surface area contributed by atoms with Crippen molar-refractivity contribution in [2.45, 2.75) is 49.0 Å². The minimum absolute atomic E-state index is 0.0162. The van der Waals surface area contributed by atoms with Crippen LogP contribution in [0, 0.1) is 12.3 Å². The molecule has 9 atom stereocenters. The first kappa shape index (κ1) is 32.7. The number of alkyl halides is 1. The Hall–Kier alpha value is -3.26. The Balaban J connectivity index is 1.26. The Morgan fingerprint density at radius 2 is 2.13 bits per heavy atom. The topological polar surface area (TPSA) is 276 Å². The molecule has 46 heavy (non-hydrogen) atoms. The molecule has 6 rings (SSSR count). The molecule has 7 N–H and O–H groups in total. The summed E-state index contributed by atoms with van der Waals surface area (Å²) in [6.45, 7) is -5.95. The summed E-state index contributed by atoms with van der Waals surface area (Å²) < 4.78 is 58.2. The molecule has 0 spiro atoms. The lowest BCUT2D eigenvalue weighted by Crippen LogP contribution is -2.43. The molecule has 0 amide bonds. The summed E-state index contributed by atoms with van der Waals surface area (Å²) in [5, 5.41) is 17.2. The monoisotopic (exact) mass is 718 g/mol. The fraction of sp³-hybridized carbons (Fsp3) is 0.476. The van der Waals surface area contributed by atoms with E-state index in [9.17, 15) is 19.4 Å². The number of fused-ring (bicyclic) bond motifs is 2. The molecule has 0 aliphatic carbocycles. The standard InChI is InChI=1S/C21H22FN11O9P2S2/c1-2-21(9(41-43(36)45)3-10(40-21)32-7-27-12-15(23)25-6-26-16(12)32)5-38-44(37,46)42-14-11(22)8(4-34)39-19(14)33-17-13(30-31-33)18(35)29-20(24)28-17/h1,6-11,14,19,34H,3-5H2,(H6-,23,24,25,26,28,29,31,35,36,37,45,46)/p+1/t8-,9+,10-,11+,14-,19-,21-,44?/m1/s1. The highest BCUT2D eigenvalue weighted by atomic mass is 32.7. The number of nitrogens with two attached hydrogens (primary N) is 2. The minimum Gasteiger partial charge on any atom is -0.394 e. The second kappa shape index (κ2) is 12.4. The van der Waals surface area contributed by atoms with Crippen LogP contribution in [-0.4, -0.2) is 97.8 Å². The molecule has 4 aromatic rings. The van der Waals surface area contributed by atoms with E-state index in [-0.39, 0.29) is 34.9 Å². The van der Waals surface area contributed by atoms with Gasteiger partial charge in [-0.1, -0.05) is 11.1 Å². The minimum atomic E-state index is -4.45. The summed E-state index contributed by atoms with van der Waals surface area (Å²) in [5.41, 5.74) is 9.08. The number of H-pyrrole nitrogens is 1. The third-order valence-corrected chi connectivity index (χ3v) is 9.43. The van der Waals surface area contributed by atoms with E-state index in [1.807, 2.05) is 0 Å². The van der Waals surface area contributed by atoms with Gasteiger partial charge in [0.2, 0.25) is 5.95 Å². The van der Waals surface area contributed by atoms with Gasteiger partial charge in [0.1, 0.15) is 42.5 Å². The summed E-state index contributed by atoms with van der Waals surface area (Å²) in [7, 11) is -2.51. The third kappa shape index (κ3) is 5.86. The van der Waals surface area contributed by atoms with Crippen LogP contribution in [0.15, 0.2) is 17.4 Å². The van der Waals surface area contributed by atoms with Crippen LogP contribution in [0.4, 0.5) is 16.2 Å². The lowest BCUT2D eigenvalue weighted by Gasteiger charge is -2.29. The molecule has 2 fully saturated rings. The smallest absolute Gasteiger partial charge is 0.394 e. The summed E-state index contributed by atoms with van der Waals surface area (Å²) in [6, 6.07) is 0. The molecule has 0 aromatic carbocycles. The highest BCUT2D eigenvalue weighted by Gasteiger charge is 2.55. The highest BCUT2D eigenvalue weighted by molar-refractivity contribution is 8.39. The van der Waals surface area contributed by atoms with Crippen molar-refractivity contribution in [2.24, 2.45) is 0 Å².